The summed E-state index contributed by atoms with van der Waals surface area (Å²) in [5, 5.41) is 2.87. The Labute approximate surface area is 126 Å². The van der Waals surface area contributed by atoms with Crippen LogP contribution in [0.25, 0.3) is 0 Å². The molecule has 0 heterocycles. The highest BCUT2D eigenvalue weighted by atomic mass is 127. The minimum absolute atomic E-state index is 0.103. The average molecular weight is 367 g/mol. The Morgan fingerprint density at radius 2 is 1.84 bits per heavy atom. The van der Waals surface area contributed by atoms with Crippen LogP contribution in [-0.4, -0.2) is 12.5 Å². The Hall–Kier alpha value is -1.56. The van der Waals surface area contributed by atoms with Crippen LogP contribution in [0.4, 0.5) is 5.69 Å². The molecule has 0 aromatic heterocycles. The lowest BCUT2D eigenvalue weighted by molar-refractivity contribution is 0.102. The fourth-order valence-corrected chi connectivity index (χ4v) is 2.28. The maximum atomic E-state index is 12.1. The third kappa shape index (κ3) is 3.70. The van der Waals surface area contributed by atoms with Gasteiger partial charge in [-0.2, -0.15) is 0 Å². The van der Waals surface area contributed by atoms with Gasteiger partial charge in [-0.05, 0) is 65.9 Å². The zero-order valence-electron chi connectivity index (χ0n) is 10.5. The number of rotatable bonds is 4. The largest absolute Gasteiger partial charge is 0.494 e. The van der Waals surface area contributed by atoms with Crippen molar-refractivity contribution in [1.82, 2.24) is 0 Å². The minimum atomic E-state index is -0.103. The molecule has 0 saturated heterocycles. The van der Waals surface area contributed by atoms with Gasteiger partial charge in [-0.1, -0.05) is 12.1 Å². The Morgan fingerprint density at radius 1 is 1.16 bits per heavy atom. The van der Waals surface area contributed by atoms with Gasteiger partial charge in [0.2, 0.25) is 0 Å². The Kier molecular flexibility index (Phi) is 4.79. The van der Waals surface area contributed by atoms with Crippen LogP contribution in [0.15, 0.2) is 48.5 Å². The second-order valence-electron chi connectivity index (χ2n) is 3.89. The van der Waals surface area contributed by atoms with Crippen LogP contribution in [0.1, 0.15) is 17.3 Å². The van der Waals surface area contributed by atoms with Crippen molar-refractivity contribution in [3.63, 3.8) is 0 Å². The maximum Gasteiger partial charge on any atom is 0.256 e. The summed E-state index contributed by atoms with van der Waals surface area (Å²) in [6.45, 7) is 2.57. The van der Waals surface area contributed by atoms with Crippen molar-refractivity contribution in [2.24, 2.45) is 0 Å². The number of hydrogen-bond acceptors (Lipinski definition) is 2. The van der Waals surface area contributed by atoms with Crippen LogP contribution >= 0.6 is 22.6 Å². The zero-order valence-corrected chi connectivity index (χ0v) is 12.7. The second kappa shape index (κ2) is 6.56. The quantitative estimate of drug-likeness (QED) is 0.832. The highest BCUT2D eigenvalue weighted by molar-refractivity contribution is 14.1. The first-order chi connectivity index (χ1) is 9.20. The number of nitrogens with one attached hydrogen (secondary N) is 1. The van der Waals surface area contributed by atoms with Crippen molar-refractivity contribution in [3.8, 4) is 5.75 Å². The van der Waals surface area contributed by atoms with E-state index in [-0.39, 0.29) is 5.91 Å². The number of ether oxygens (including phenoxy) is 1. The van der Waals surface area contributed by atoms with Gasteiger partial charge in [0.25, 0.3) is 5.91 Å². The zero-order chi connectivity index (χ0) is 13.7. The van der Waals surface area contributed by atoms with Gasteiger partial charge in [0.1, 0.15) is 5.75 Å². The summed E-state index contributed by atoms with van der Waals surface area (Å²) in [6, 6.07) is 14.8. The SMILES string of the molecule is CCOc1ccc(NC(=O)c2ccccc2I)cc1. The lowest BCUT2D eigenvalue weighted by Crippen LogP contribution is -2.13. The average Bonchev–Trinajstić information content (AvgIpc) is 2.42. The van der Waals surface area contributed by atoms with E-state index >= 15 is 0 Å². The first-order valence-electron chi connectivity index (χ1n) is 5.99. The Balaban J connectivity index is 2.09. The minimum Gasteiger partial charge on any atom is -0.494 e. The van der Waals surface area contributed by atoms with Gasteiger partial charge in [-0.15, -0.1) is 0 Å². The molecule has 0 saturated carbocycles. The fraction of sp³-hybridized carbons (Fsp3) is 0.133. The lowest BCUT2D eigenvalue weighted by Gasteiger charge is -2.08. The third-order valence-corrected chi connectivity index (χ3v) is 3.48. The van der Waals surface area contributed by atoms with Gasteiger partial charge >= 0.3 is 0 Å². The van der Waals surface area contributed by atoms with E-state index in [1.165, 1.54) is 0 Å². The Morgan fingerprint density at radius 3 is 2.47 bits per heavy atom. The molecule has 1 amide bonds. The van der Waals surface area contributed by atoms with E-state index in [9.17, 15) is 4.79 Å². The summed E-state index contributed by atoms with van der Waals surface area (Å²) in [7, 11) is 0. The van der Waals surface area contributed by atoms with Crippen molar-refractivity contribution in [3.05, 3.63) is 57.7 Å². The number of benzene rings is 2. The molecule has 2 aromatic carbocycles. The molecular formula is C15H14INO2. The molecule has 4 heteroatoms. The van der Waals surface area contributed by atoms with Crippen molar-refractivity contribution in [1.29, 1.82) is 0 Å². The lowest BCUT2D eigenvalue weighted by atomic mass is 10.2. The molecule has 19 heavy (non-hydrogen) atoms. The fourth-order valence-electron chi connectivity index (χ4n) is 1.64. The van der Waals surface area contributed by atoms with E-state index in [0.29, 0.717) is 12.2 Å². The highest BCUT2D eigenvalue weighted by Crippen LogP contribution is 2.18. The van der Waals surface area contributed by atoms with Gasteiger partial charge in [0.15, 0.2) is 0 Å². The Bertz CT molecular complexity index is 567. The van der Waals surface area contributed by atoms with E-state index in [2.05, 4.69) is 27.9 Å². The molecule has 0 aliphatic carbocycles. The van der Waals surface area contributed by atoms with Crippen LogP contribution < -0.4 is 10.1 Å². The second-order valence-corrected chi connectivity index (χ2v) is 5.05. The van der Waals surface area contributed by atoms with E-state index in [4.69, 9.17) is 4.74 Å². The summed E-state index contributed by atoms with van der Waals surface area (Å²) in [5.41, 5.74) is 1.44. The first kappa shape index (κ1) is 13.9. The summed E-state index contributed by atoms with van der Waals surface area (Å²) >= 11 is 2.15. The molecule has 0 unspecified atom stereocenters. The molecule has 0 radical (unpaired) electrons. The normalized spacial score (nSPS) is 10.0. The first-order valence-corrected chi connectivity index (χ1v) is 7.07. The monoisotopic (exact) mass is 367 g/mol. The van der Waals surface area contributed by atoms with Crippen molar-refractivity contribution in [2.45, 2.75) is 6.92 Å². The molecule has 3 nitrogen and oxygen atoms in total. The smallest absolute Gasteiger partial charge is 0.256 e. The molecule has 0 fully saturated rings. The summed E-state index contributed by atoms with van der Waals surface area (Å²) in [5.74, 6) is 0.698. The van der Waals surface area contributed by atoms with Gasteiger partial charge in [-0.3, -0.25) is 4.79 Å². The standard InChI is InChI=1S/C15H14INO2/c1-2-19-12-9-7-11(8-10-12)17-15(18)13-5-3-4-6-14(13)16/h3-10H,2H2,1H3,(H,17,18). The number of carbonyl (C=O) groups excluding carboxylic acids is 1. The molecule has 0 spiro atoms. The number of amides is 1. The van der Waals surface area contributed by atoms with Gasteiger partial charge < -0.3 is 10.1 Å². The van der Waals surface area contributed by atoms with Gasteiger partial charge in [-0.25, -0.2) is 0 Å². The molecule has 0 aliphatic heterocycles. The topological polar surface area (TPSA) is 38.3 Å². The van der Waals surface area contributed by atoms with Crippen molar-refractivity contribution < 1.29 is 9.53 Å². The van der Waals surface area contributed by atoms with E-state index in [1.807, 2.05) is 55.5 Å². The summed E-state index contributed by atoms with van der Waals surface area (Å²) < 4.78 is 6.29. The van der Waals surface area contributed by atoms with E-state index in [0.717, 1.165) is 15.0 Å². The van der Waals surface area contributed by atoms with E-state index < -0.39 is 0 Å². The molecule has 0 atom stereocenters. The number of carbonyl (C=O) groups is 1. The van der Waals surface area contributed by atoms with Crippen LogP contribution in [0, 0.1) is 3.57 Å². The molecule has 98 valence electrons. The predicted octanol–water partition coefficient (Wildman–Crippen LogP) is 3.94. The van der Waals surface area contributed by atoms with Crippen LogP contribution in [0.5, 0.6) is 5.75 Å². The predicted molar refractivity (Wildman–Crippen MR) is 84.7 cm³/mol. The van der Waals surface area contributed by atoms with Crippen LogP contribution in [0.3, 0.4) is 0 Å². The highest BCUT2D eigenvalue weighted by Gasteiger charge is 2.09. The molecule has 1 N–H and O–H groups in total. The van der Waals surface area contributed by atoms with Gasteiger partial charge in [0, 0.05) is 9.26 Å². The van der Waals surface area contributed by atoms with Gasteiger partial charge in [0.05, 0.1) is 12.2 Å². The van der Waals surface area contributed by atoms with Crippen molar-refractivity contribution >= 4 is 34.2 Å². The number of anilines is 1. The maximum absolute atomic E-state index is 12.1. The van der Waals surface area contributed by atoms with E-state index in [1.54, 1.807) is 0 Å². The summed E-state index contributed by atoms with van der Waals surface area (Å²) in [4.78, 5) is 12.1. The summed E-state index contributed by atoms with van der Waals surface area (Å²) in [6.07, 6.45) is 0. The third-order valence-electron chi connectivity index (χ3n) is 2.54. The molecule has 2 aromatic rings. The van der Waals surface area contributed by atoms with Crippen molar-refractivity contribution in [2.75, 3.05) is 11.9 Å². The number of halogens is 1. The molecular weight excluding hydrogens is 353 g/mol. The number of hydrogen-bond donors (Lipinski definition) is 1. The molecule has 2 rings (SSSR count). The molecule has 0 bridgehead atoms. The van der Waals surface area contributed by atoms with Crippen LogP contribution in [-0.2, 0) is 0 Å². The molecule has 0 aliphatic rings. The van der Waals surface area contributed by atoms with Crippen LogP contribution in [0.2, 0.25) is 0 Å².